The summed E-state index contributed by atoms with van der Waals surface area (Å²) in [7, 11) is 0. The number of carbonyl (C=O) groups excluding carboxylic acids is 2. The first-order valence-electron chi connectivity index (χ1n) is 9.09. The largest absolute Gasteiger partial charge is 0.381 e. The molecule has 6 heteroatoms. The van der Waals surface area contributed by atoms with Crippen molar-refractivity contribution in [2.45, 2.75) is 29.0 Å². The van der Waals surface area contributed by atoms with Crippen molar-refractivity contribution in [3.05, 3.63) is 66.2 Å². The van der Waals surface area contributed by atoms with E-state index in [1.807, 2.05) is 48.5 Å². The van der Waals surface area contributed by atoms with Gasteiger partial charge >= 0.3 is 11.8 Å². The normalized spacial score (nSPS) is 15.7. The highest BCUT2D eigenvalue weighted by Crippen LogP contribution is 2.39. The van der Waals surface area contributed by atoms with Crippen molar-refractivity contribution < 1.29 is 14.3 Å². The van der Waals surface area contributed by atoms with Crippen LogP contribution in [0, 0.1) is 0 Å². The van der Waals surface area contributed by atoms with Crippen LogP contribution in [-0.2, 0) is 20.9 Å². The summed E-state index contributed by atoms with van der Waals surface area (Å²) < 4.78 is 5.34. The van der Waals surface area contributed by atoms with Gasteiger partial charge in [0.2, 0.25) is 0 Å². The SMILES string of the molecule is O=C(NCc1ccccc1)C(=O)NCC1(Sc2ccccc2)CCOCC1. The second-order valence-electron chi connectivity index (χ2n) is 6.56. The summed E-state index contributed by atoms with van der Waals surface area (Å²) in [6.45, 7) is 2.10. The van der Waals surface area contributed by atoms with Gasteiger partial charge in [0.05, 0.1) is 0 Å². The fourth-order valence-electron chi connectivity index (χ4n) is 2.98. The number of benzene rings is 2. The molecule has 1 fully saturated rings. The summed E-state index contributed by atoms with van der Waals surface area (Å²) in [4.78, 5) is 25.5. The number of hydrogen-bond donors (Lipinski definition) is 2. The Balaban J connectivity index is 1.54. The van der Waals surface area contributed by atoms with E-state index in [-0.39, 0.29) is 4.75 Å². The van der Waals surface area contributed by atoms with Crippen LogP contribution < -0.4 is 10.6 Å². The lowest BCUT2D eigenvalue weighted by Crippen LogP contribution is -2.48. The molecule has 1 saturated heterocycles. The van der Waals surface area contributed by atoms with Gasteiger partial charge in [0.1, 0.15) is 0 Å². The third-order valence-electron chi connectivity index (χ3n) is 4.55. The smallest absolute Gasteiger partial charge is 0.309 e. The van der Waals surface area contributed by atoms with E-state index in [4.69, 9.17) is 4.74 Å². The van der Waals surface area contributed by atoms with Crippen LogP contribution in [0.4, 0.5) is 0 Å². The number of rotatable bonds is 6. The van der Waals surface area contributed by atoms with Gasteiger partial charge in [0.25, 0.3) is 0 Å². The van der Waals surface area contributed by atoms with Crippen LogP contribution in [0.15, 0.2) is 65.6 Å². The third kappa shape index (κ3) is 5.84. The maximum atomic E-state index is 12.2. The van der Waals surface area contributed by atoms with Crippen LogP contribution in [0.3, 0.4) is 0 Å². The van der Waals surface area contributed by atoms with Gasteiger partial charge in [-0.15, -0.1) is 11.8 Å². The monoisotopic (exact) mass is 384 g/mol. The Morgan fingerprint density at radius 3 is 2.15 bits per heavy atom. The van der Waals surface area contributed by atoms with Crippen molar-refractivity contribution in [1.29, 1.82) is 0 Å². The lowest BCUT2D eigenvalue weighted by molar-refractivity contribution is -0.139. The molecule has 1 aliphatic rings. The first-order valence-corrected chi connectivity index (χ1v) is 9.90. The summed E-state index contributed by atoms with van der Waals surface area (Å²) >= 11 is 1.75. The van der Waals surface area contributed by atoms with Crippen LogP contribution in [0.25, 0.3) is 0 Å². The molecule has 0 bridgehead atoms. The zero-order valence-electron chi connectivity index (χ0n) is 15.1. The minimum Gasteiger partial charge on any atom is -0.381 e. The van der Waals surface area contributed by atoms with E-state index in [0.29, 0.717) is 26.3 Å². The summed E-state index contributed by atoms with van der Waals surface area (Å²) in [5.74, 6) is -1.20. The van der Waals surface area contributed by atoms with Crippen LogP contribution in [0.2, 0.25) is 0 Å². The molecule has 0 atom stereocenters. The van der Waals surface area contributed by atoms with Gasteiger partial charge in [-0.05, 0) is 30.5 Å². The third-order valence-corrected chi connectivity index (χ3v) is 6.05. The Hall–Kier alpha value is -2.31. The zero-order valence-corrected chi connectivity index (χ0v) is 16.0. The van der Waals surface area contributed by atoms with Gasteiger partial charge in [-0.25, -0.2) is 0 Å². The van der Waals surface area contributed by atoms with E-state index in [1.54, 1.807) is 11.8 Å². The lowest BCUT2D eigenvalue weighted by Gasteiger charge is -2.36. The number of hydrogen-bond acceptors (Lipinski definition) is 4. The molecule has 2 aromatic rings. The zero-order chi connectivity index (χ0) is 19.0. The van der Waals surface area contributed by atoms with Gasteiger partial charge in [0.15, 0.2) is 0 Å². The van der Waals surface area contributed by atoms with Crippen molar-refractivity contribution in [1.82, 2.24) is 10.6 Å². The fraction of sp³-hybridized carbons (Fsp3) is 0.333. The molecule has 2 amide bonds. The first-order chi connectivity index (χ1) is 13.2. The van der Waals surface area contributed by atoms with Crippen LogP contribution in [0.5, 0.6) is 0 Å². The number of thioether (sulfide) groups is 1. The highest BCUT2D eigenvalue weighted by Gasteiger charge is 2.34. The quantitative estimate of drug-likeness (QED) is 0.752. The average Bonchev–Trinajstić information content (AvgIpc) is 2.72. The highest BCUT2D eigenvalue weighted by molar-refractivity contribution is 8.00. The van der Waals surface area contributed by atoms with E-state index in [0.717, 1.165) is 23.3 Å². The van der Waals surface area contributed by atoms with E-state index >= 15 is 0 Å². The van der Waals surface area contributed by atoms with E-state index in [1.165, 1.54) is 0 Å². The van der Waals surface area contributed by atoms with Crippen molar-refractivity contribution in [2.24, 2.45) is 0 Å². The van der Waals surface area contributed by atoms with Crippen molar-refractivity contribution >= 4 is 23.6 Å². The molecule has 142 valence electrons. The predicted molar refractivity (Wildman–Crippen MR) is 106 cm³/mol. The summed E-state index contributed by atoms with van der Waals surface area (Å²) in [6, 6.07) is 19.7. The molecule has 3 rings (SSSR count). The number of nitrogens with one attached hydrogen (secondary N) is 2. The molecule has 27 heavy (non-hydrogen) atoms. The number of ether oxygens (including phenoxy) is 1. The minimum absolute atomic E-state index is 0.158. The molecule has 0 aliphatic carbocycles. The molecule has 1 heterocycles. The van der Waals surface area contributed by atoms with E-state index < -0.39 is 11.8 Å². The Labute approximate surface area is 163 Å². The Morgan fingerprint density at radius 2 is 1.48 bits per heavy atom. The Bertz CT molecular complexity index is 747. The predicted octanol–water partition coefficient (Wildman–Crippen LogP) is 2.76. The molecule has 2 N–H and O–H groups in total. The maximum Gasteiger partial charge on any atom is 0.309 e. The standard InChI is InChI=1S/C21H24N2O3S/c24-19(22-15-17-7-3-1-4-8-17)20(25)23-16-21(11-13-26-14-12-21)27-18-9-5-2-6-10-18/h1-10H,11-16H2,(H,22,24)(H,23,25). The summed E-state index contributed by atoms with van der Waals surface area (Å²) in [6.07, 6.45) is 1.66. The lowest BCUT2D eigenvalue weighted by atomic mass is 9.99. The summed E-state index contributed by atoms with van der Waals surface area (Å²) in [5.41, 5.74) is 0.958. The van der Waals surface area contributed by atoms with Crippen LogP contribution in [0.1, 0.15) is 18.4 Å². The topological polar surface area (TPSA) is 67.4 Å². The van der Waals surface area contributed by atoms with Gasteiger partial charge < -0.3 is 15.4 Å². The molecule has 0 radical (unpaired) electrons. The highest BCUT2D eigenvalue weighted by atomic mass is 32.2. The van der Waals surface area contributed by atoms with Gasteiger partial charge in [0, 0.05) is 35.9 Å². The van der Waals surface area contributed by atoms with Gasteiger partial charge in [-0.2, -0.15) is 0 Å². The van der Waals surface area contributed by atoms with Gasteiger partial charge in [-0.3, -0.25) is 9.59 Å². The maximum absolute atomic E-state index is 12.2. The molecular formula is C21H24N2O3S. The molecule has 2 aromatic carbocycles. The molecule has 0 spiro atoms. The summed E-state index contributed by atoms with van der Waals surface area (Å²) in [5, 5.41) is 5.49. The van der Waals surface area contributed by atoms with Crippen LogP contribution >= 0.6 is 11.8 Å². The first kappa shape index (κ1) is 19.5. The van der Waals surface area contributed by atoms with E-state index in [2.05, 4.69) is 22.8 Å². The van der Waals surface area contributed by atoms with Crippen molar-refractivity contribution in [2.75, 3.05) is 19.8 Å². The van der Waals surface area contributed by atoms with Gasteiger partial charge in [-0.1, -0.05) is 48.5 Å². The molecule has 0 saturated carbocycles. The van der Waals surface area contributed by atoms with Crippen LogP contribution in [-0.4, -0.2) is 36.3 Å². The Kier molecular flexibility index (Phi) is 6.90. The Morgan fingerprint density at radius 1 is 0.889 bits per heavy atom. The molecular weight excluding hydrogens is 360 g/mol. The van der Waals surface area contributed by atoms with Crippen molar-refractivity contribution in [3.63, 3.8) is 0 Å². The second kappa shape index (κ2) is 9.58. The minimum atomic E-state index is -0.606. The average molecular weight is 385 g/mol. The van der Waals surface area contributed by atoms with E-state index in [9.17, 15) is 9.59 Å². The molecule has 5 nitrogen and oxygen atoms in total. The number of carbonyl (C=O) groups is 2. The molecule has 0 aromatic heterocycles. The molecule has 0 unspecified atom stereocenters. The number of amides is 2. The molecule has 1 aliphatic heterocycles. The fourth-order valence-corrected chi connectivity index (χ4v) is 4.29. The van der Waals surface area contributed by atoms with Crippen molar-refractivity contribution in [3.8, 4) is 0 Å². The second-order valence-corrected chi connectivity index (χ2v) is 8.10.